The molecule has 1 aromatic carbocycles. The Balaban J connectivity index is 2.25. The maximum absolute atomic E-state index is 5.61. The van der Waals surface area contributed by atoms with Crippen LogP contribution in [0, 0.1) is 6.92 Å². The fourth-order valence-corrected chi connectivity index (χ4v) is 1.45. The Morgan fingerprint density at radius 1 is 1.13 bits per heavy atom. The summed E-state index contributed by atoms with van der Waals surface area (Å²) in [5, 5.41) is 0. The van der Waals surface area contributed by atoms with Crippen molar-refractivity contribution in [1.29, 1.82) is 0 Å². The van der Waals surface area contributed by atoms with Crippen LogP contribution in [-0.2, 0) is 6.54 Å². The highest BCUT2D eigenvalue weighted by Crippen LogP contribution is 2.22. The molecule has 0 amide bonds. The molecular weight excluding hydrogens is 188 g/mol. The molecule has 3 heteroatoms. The molecular formula is C12H14N2O. The second-order valence-electron chi connectivity index (χ2n) is 3.51. The zero-order valence-electron chi connectivity index (χ0n) is 8.66. The van der Waals surface area contributed by atoms with Crippen LogP contribution < -0.4 is 11.3 Å². The first kappa shape index (κ1) is 9.96. The summed E-state index contributed by atoms with van der Waals surface area (Å²) >= 11 is 0. The monoisotopic (exact) mass is 202 g/mol. The molecule has 3 nitrogen and oxygen atoms in total. The average Bonchev–Trinajstić information content (AvgIpc) is 2.68. The van der Waals surface area contributed by atoms with E-state index in [1.165, 1.54) is 5.56 Å². The summed E-state index contributed by atoms with van der Waals surface area (Å²) in [4.78, 5) is 0. The fourth-order valence-electron chi connectivity index (χ4n) is 1.45. The van der Waals surface area contributed by atoms with Crippen LogP contribution in [0.5, 0.6) is 0 Å². The Morgan fingerprint density at radius 3 is 2.53 bits per heavy atom. The van der Waals surface area contributed by atoms with Gasteiger partial charge in [-0.05, 0) is 19.1 Å². The van der Waals surface area contributed by atoms with Crippen molar-refractivity contribution >= 4 is 0 Å². The van der Waals surface area contributed by atoms with Gasteiger partial charge in [0.25, 0.3) is 0 Å². The van der Waals surface area contributed by atoms with E-state index in [0.29, 0.717) is 6.54 Å². The van der Waals surface area contributed by atoms with E-state index in [-0.39, 0.29) is 0 Å². The van der Waals surface area contributed by atoms with Crippen molar-refractivity contribution < 1.29 is 4.42 Å². The minimum atomic E-state index is 0.547. The first-order valence-electron chi connectivity index (χ1n) is 4.89. The molecule has 0 saturated heterocycles. The highest BCUT2D eigenvalue weighted by Gasteiger charge is 2.03. The van der Waals surface area contributed by atoms with Gasteiger partial charge < -0.3 is 4.42 Å². The summed E-state index contributed by atoms with van der Waals surface area (Å²) < 4.78 is 5.61. The highest BCUT2D eigenvalue weighted by molar-refractivity contribution is 5.57. The molecule has 0 atom stereocenters. The standard InChI is InChI=1S/C12H14N2O/c1-9-2-4-10(5-3-9)12-7-6-11(15-12)8-14-13/h2-7,14H,8,13H2,1H3. The Hall–Kier alpha value is -1.58. The van der Waals surface area contributed by atoms with Crippen molar-refractivity contribution in [3.63, 3.8) is 0 Å². The lowest BCUT2D eigenvalue weighted by atomic mass is 10.1. The van der Waals surface area contributed by atoms with E-state index in [4.69, 9.17) is 10.3 Å². The van der Waals surface area contributed by atoms with E-state index in [0.717, 1.165) is 17.1 Å². The lowest BCUT2D eigenvalue weighted by Gasteiger charge is -1.98. The summed E-state index contributed by atoms with van der Waals surface area (Å²) in [5.74, 6) is 6.93. The molecule has 0 aliphatic rings. The number of benzene rings is 1. The third kappa shape index (κ3) is 2.26. The van der Waals surface area contributed by atoms with Crippen LogP contribution in [0.2, 0.25) is 0 Å². The van der Waals surface area contributed by atoms with Crippen LogP contribution in [0.15, 0.2) is 40.8 Å². The van der Waals surface area contributed by atoms with Crippen LogP contribution >= 0.6 is 0 Å². The third-order valence-corrected chi connectivity index (χ3v) is 2.27. The maximum atomic E-state index is 5.61. The minimum absolute atomic E-state index is 0.547. The van der Waals surface area contributed by atoms with Crippen LogP contribution in [0.3, 0.4) is 0 Å². The van der Waals surface area contributed by atoms with Crippen LogP contribution in [-0.4, -0.2) is 0 Å². The largest absolute Gasteiger partial charge is 0.460 e. The van der Waals surface area contributed by atoms with Crippen molar-refractivity contribution in [2.45, 2.75) is 13.5 Å². The Labute approximate surface area is 88.9 Å². The minimum Gasteiger partial charge on any atom is -0.460 e. The van der Waals surface area contributed by atoms with Crippen LogP contribution in [0.1, 0.15) is 11.3 Å². The Morgan fingerprint density at radius 2 is 1.87 bits per heavy atom. The number of aryl methyl sites for hydroxylation is 1. The fraction of sp³-hybridized carbons (Fsp3) is 0.167. The van der Waals surface area contributed by atoms with Crippen molar-refractivity contribution in [3.05, 3.63) is 47.7 Å². The molecule has 0 fully saturated rings. The Bertz CT molecular complexity index is 431. The first-order chi connectivity index (χ1) is 7.29. The van der Waals surface area contributed by atoms with Gasteiger partial charge in [0.15, 0.2) is 0 Å². The lowest BCUT2D eigenvalue weighted by Crippen LogP contribution is -2.20. The van der Waals surface area contributed by atoms with Crippen molar-refractivity contribution in [1.82, 2.24) is 5.43 Å². The van der Waals surface area contributed by atoms with Gasteiger partial charge in [0.2, 0.25) is 0 Å². The molecule has 0 unspecified atom stereocenters. The molecule has 15 heavy (non-hydrogen) atoms. The molecule has 0 aliphatic heterocycles. The number of hydrogen-bond donors (Lipinski definition) is 2. The van der Waals surface area contributed by atoms with Crippen molar-refractivity contribution in [2.75, 3.05) is 0 Å². The quantitative estimate of drug-likeness (QED) is 0.592. The van der Waals surface area contributed by atoms with Gasteiger partial charge in [0.05, 0.1) is 6.54 Å². The lowest BCUT2D eigenvalue weighted by molar-refractivity contribution is 0.499. The van der Waals surface area contributed by atoms with E-state index in [2.05, 4.69) is 24.5 Å². The average molecular weight is 202 g/mol. The van der Waals surface area contributed by atoms with E-state index in [1.807, 2.05) is 24.3 Å². The normalized spacial score (nSPS) is 10.5. The molecule has 78 valence electrons. The number of hydrazine groups is 1. The van der Waals surface area contributed by atoms with Gasteiger partial charge in [-0.1, -0.05) is 29.8 Å². The Kier molecular flexibility index (Phi) is 2.85. The smallest absolute Gasteiger partial charge is 0.134 e. The van der Waals surface area contributed by atoms with E-state index in [9.17, 15) is 0 Å². The van der Waals surface area contributed by atoms with Gasteiger partial charge in [0.1, 0.15) is 11.5 Å². The molecule has 0 spiro atoms. The molecule has 2 rings (SSSR count). The van der Waals surface area contributed by atoms with E-state index < -0.39 is 0 Å². The molecule has 0 bridgehead atoms. The summed E-state index contributed by atoms with van der Waals surface area (Å²) in [7, 11) is 0. The predicted octanol–water partition coefficient (Wildman–Crippen LogP) is 2.22. The zero-order valence-corrected chi connectivity index (χ0v) is 8.66. The van der Waals surface area contributed by atoms with Gasteiger partial charge in [-0.2, -0.15) is 0 Å². The second kappa shape index (κ2) is 4.29. The summed E-state index contributed by atoms with van der Waals surface area (Å²) in [6.07, 6.45) is 0. The van der Waals surface area contributed by atoms with Crippen LogP contribution in [0.25, 0.3) is 11.3 Å². The maximum Gasteiger partial charge on any atom is 0.134 e. The molecule has 3 N–H and O–H groups in total. The SMILES string of the molecule is Cc1ccc(-c2ccc(CNN)o2)cc1. The molecule has 1 aromatic heterocycles. The number of rotatable bonds is 3. The molecule has 1 heterocycles. The highest BCUT2D eigenvalue weighted by atomic mass is 16.3. The van der Waals surface area contributed by atoms with Gasteiger partial charge in [-0.15, -0.1) is 0 Å². The predicted molar refractivity (Wildman–Crippen MR) is 59.9 cm³/mol. The van der Waals surface area contributed by atoms with Crippen molar-refractivity contribution in [3.8, 4) is 11.3 Å². The first-order valence-corrected chi connectivity index (χ1v) is 4.89. The zero-order chi connectivity index (χ0) is 10.7. The van der Waals surface area contributed by atoms with Crippen LogP contribution in [0.4, 0.5) is 0 Å². The molecule has 2 aromatic rings. The third-order valence-electron chi connectivity index (χ3n) is 2.27. The topological polar surface area (TPSA) is 51.2 Å². The summed E-state index contributed by atoms with van der Waals surface area (Å²) in [5.41, 5.74) is 4.90. The van der Waals surface area contributed by atoms with Crippen molar-refractivity contribution in [2.24, 2.45) is 5.84 Å². The number of furan rings is 1. The summed E-state index contributed by atoms with van der Waals surface area (Å²) in [6, 6.07) is 12.1. The van der Waals surface area contributed by atoms with Gasteiger partial charge in [-0.3, -0.25) is 11.3 Å². The number of nitrogens with two attached hydrogens (primary N) is 1. The van der Waals surface area contributed by atoms with Gasteiger partial charge in [0, 0.05) is 5.56 Å². The molecule has 0 aliphatic carbocycles. The molecule has 0 saturated carbocycles. The van der Waals surface area contributed by atoms with E-state index in [1.54, 1.807) is 0 Å². The van der Waals surface area contributed by atoms with Gasteiger partial charge in [-0.25, -0.2) is 0 Å². The molecule has 0 radical (unpaired) electrons. The second-order valence-corrected chi connectivity index (χ2v) is 3.51. The number of hydrogen-bond acceptors (Lipinski definition) is 3. The van der Waals surface area contributed by atoms with E-state index >= 15 is 0 Å². The van der Waals surface area contributed by atoms with Gasteiger partial charge >= 0.3 is 0 Å². The number of nitrogens with one attached hydrogen (secondary N) is 1. The summed E-state index contributed by atoms with van der Waals surface area (Å²) in [6.45, 7) is 2.61.